The summed E-state index contributed by atoms with van der Waals surface area (Å²) >= 11 is 0. The Hall–Kier alpha value is -1.80. The van der Waals surface area contributed by atoms with Gasteiger partial charge in [-0.05, 0) is 44.5 Å². The number of nitrogens with one attached hydrogen (secondary N) is 1. The van der Waals surface area contributed by atoms with E-state index in [-0.39, 0.29) is 0 Å². The second kappa shape index (κ2) is 8.60. The molecule has 0 aliphatic rings. The molecule has 0 aromatic heterocycles. The fraction of sp³-hybridized carbons (Fsp3) is 0.400. The molecule has 22 heavy (non-hydrogen) atoms. The first-order chi connectivity index (χ1) is 10.8. The van der Waals surface area contributed by atoms with Gasteiger partial charge in [-0.25, -0.2) is 0 Å². The molecule has 2 rings (SSSR count). The number of hydrogen-bond donors (Lipinski definition) is 1. The van der Waals surface area contributed by atoms with Gasteiger partial charge in [-0.2, -0.15) is 0 Å². The van der Waals surface area contributed by atoms with Crippen molar-refractivity contribution in [3.63, 3.8) is 0 Å². The van der Waals surface area contributed by atoms with E-state index in [4.69, 9.17) is 4.74 Å². The van der Waals surface area contributed by atoms with Crippen LogP contribution in [0.25, 0.3) is 0 Å². The van der Waals surface area contributed by atoms with Crippen LogP contribution in [-0.2, 0) is 0 Å². The molecule has 2 aromatic rings. The third-order valence-corrected chi connectivity index (χ3v) is 4.00. The average molecular weight is 297 g/mol. The van der Waals surface area contributed by atoms with Crippen molar-refractivity contribution in [1.29, 1.82) is 0 Å². The molecule has 0 heterocycles. The molecule has 2 heteroatoms. The normalized spacial score (nSPS) is 12.1. The highest BCUT2D eigenvalue weighted by Gasteiger charge is 2.18. The topological polar surface area (TPSA) is 21.3 Å². The summed E-state index contributed by atoms with van der Waals surface area (Å²) in [4.78, 5) is 0. The number of ether oxygens (including phenoxy) is 1. The lowest BCUT2D eigenvalue weighted by Gasteiger charge is -2.21. The molecule has 0 radical (unpaired) electrons. The molecule has 0 spiro atoms. The van der Waals surface area contributed by atoms with E-state index in [1.54, 1.807) is 7.11 Å². The predicted octanol–water partition coefficient (Wildman–Crippen LogP) is 4.53. The van der Waals surface area contributed by atoms with E-state index in [1.807, 2.05) is 0 Å². The quantitative estimate of drug-likeness (QED) is 0.723. The van der Waals surface area contributed by atoms with E-state index in [9.17, 15) is 0 Å². The molecule has 1 atom stereocenters. The lowest BCUT2D eigenvalue weighted by Crippen LogP contribution is -2.19. The Morgan fingerprint density at radius 3 is 2.50 bits per heavy atom. The lowest BCUT2D eigenvalue weighted by atomic mass is 9.87. The summed E-state index contributed by atoms with van der Waals surface area (Å²) in [6, 6.07) is 17.2. The van der Waals surface area contributed by atoms with Gasteiger partial charge in [0.25, 0.3) is 0 Å². The van der Waals surface area contributed by atoms with Crippen LogP contribution in [0.2, 0.25) is 0 Å². The van der Waals surface area contributed by atoms with Gasteiger partial charge >= 0.3 is 0 Å². The molecule has 118 valence electrons. The van der Waals surface area contributed by atoms with Crippen molar-refractivity contribution >= 4 is 0 Å². The summed E-state index contributed by atoms with van der Waals surface area (Å²) in [7, 11) is 1.76. The molecule has 1 N–H and O–H groups in total. The largest absolute Gasteiger partial charge is 0.496 e. The summed E-state index contributed by atoms with van der Waals surface area (Å²) < 4.78 is 5.61. The Morgan fingerprint density at radius 2 is 1.82 bits per heavy atom. The maximum Gasteiger partial charge on any atom is 0.122 e. The first-order valence-electron chi connectivity index (χ1n) is 8.16. The van der Waals surface area contributed by atoms with Gasteiger partial charge in [-0.3, -0.25) is 0 Å². The van der Waals surface area contributed by atoms with Gasteiger partial charge in [-0.15, -0.1) is 0 Å². The smallest absolute Gasteiger partial charge is 0.122 e. The molecule has 0 aliphatic heterocycles. The molecule has 2 nitrogen and oxygen atoms in total. The van der Waals surface area contributed by atoms with Crippen molar-refractivity contribution in [3.8, 4) is 5.75 Å². The van der Waals surface area contributed by atoms with Gasteiger partial charge in [0.15, 0.2) is 0 Å². The van der Waals surface area contributed by atoms with E-state index in [2.05, 4.69) is 67.7 Å². The van der Waals surface area contributed by atoms with Crippen LogP contribution in [0, 0.1) is 6.92 Å². The second-order valence-electron chi connectivity index (χ2n) is 5.75. The summed E-state index contributed by atoms with van der Waals surface area (Å²) in [6.07, 6.45) is 2.24. The zero-order valence-corrected chi connectivity index (χ0v) is 13.9. The van der Waals surface area contributed by atoms with Crippen LogP contribution in [0.4, 0.5) is 0 Å². The molecule has 0 aliphatic carbocycles. The predicted molar refractivity (Wildman–Crippen MR) is 93.8 cm³/mol. The number of rotatable bonds is 8. The Kier molecular flexibility index (Phi) is 6.47. The minimum Gasteiger partial charge on any atom is -0.496 e. The molecule has 0 fully saturated rings. The van der Waals surface area contributed by atoms with Crippen molar-refractivity contribution in [2.24, 2.45) is 0 Å². The molecular weight excluding hydrogens is 270 g/mol. The zero-order chi connectivity index (χ0) is 15.8. The highest BCUT2D eigenvalue weighted by molar-refractivity contribution is 5.44. The first kappa shape index (κ1) is 16.6. The van der Waals surface area contributed by atoms with E-state index in [0.29, 0.717) is 5.92 Å². The molecule has 1 unspecified atom stereocenters. The monoisotopic (exact) mass is 297 g/mol. The van der Waals surface area contributed by atoms with Gasteiger partial charge in [0.05, 0.1) is 7.11 Å². The van der Waals surface area contributed by atoms with Gasteiger partial charge in [0.1, 0.15) is 5.75 Å². The third-order valence-electron chi connectivity index (χ3n) is 4.00. The molecule has 2 aromatic carbocycles. The first-order valence-corrected chi connectivity index (χ1v) is 8.16. The summed E-state index contributed by atoms with van der Waals surface area (Å²) in [5.41, 5.74) is 3.91. The van der Waals surface area contributed by atoms with Crippen molar-refractivity contribution in [3.05, 3.63) is 65.2 Å². The van der Waals surface area contributed by atoms with Crippen molar-refractivity contribution in [1.82, 2.24) is 5.32 Å². The summed E-state index contributed by atoms with van der Waals surface area (Å²) in [5.74, 6) is 1.34. The van der Waals surface area contributed by atoms with E-state index in [1.165, 1.54) is 23.1 Å². The van der Waals surface area contributed by atoms with E-state index < -0.39 is 0 Å². The van der Waals surface area contributed by atoms with Crippen LogP contribution >= 0.6 is 0 Å². The Labute approximate surface area is 134 Å². The van der Waals surface area contributed by atoms with Gasteiger partial charge in [-0.1, -0.05) is 55.0 Å². The fourth-order valence-corrected chi connectivity index (χ4v) is 2.86. The third kappa shape index (κ3) is 4.35. The highest BCUT2D eigenvalue weighted by Crippen LogP contribution is 2.34. The number of benzene rings is 2. The van der Waals surface area contributed by atoms with Crippen molar-refractivity contribution in [2.45, 2.75) is 32.6 Å². The number of aryl methyl sites for hydroxylation is 1. The Balaban J connectivity index is 2.29. The molecule has 0 bridgehead atoms. The minimum absolute atomic E-state index is 0.361. The zero-order valence-electron chi connectivity index (χ0n) is 13.9. The second-order valence-corrected chi connectivity index (χ2v) is 5.75. The Bertz CT molecular complexity index is 565. The van der Waals surface area contributed by atoms with E-state index in [0.717, 1.165) is 25.3 Å². The maximum absolute atomic E-state index is 5.61. The lowest BCUT2D eigenvalue weighted by molar-refractivity contribution is 0.406. The van der Waals surface area contributed by atoms with Gasteiger partial charge in [0, 0.05) is 11.5 Å². The Morgan fingerprint density at radius 1 is 1.05 bits per heavy atom. The summed E-state index contributed by atoms with van der Waals surface area (Å²) in [5, 5.41) is 3.52. The van der Waals surface area contributed by atoms with Gasteiger partial charge in [0.2, 0.25) is 0 Å². The van der Waals surface area contributed by atoms with Crippen LogP contribution in [0.1, 0.15) is 42.4 Å². The van der Waals surface area contributed by atoms with Gasteiger partial charge < -0.3 is 10.1 Å². The maximum atomic E-state index is 5.61. The molecular formula is C20H27NO. The van der Waals surface area contributed by atoms with Crippen molar-refractivity contribution < 1.29 is 4.74 Å². The standard InChI is InChI=1S/C20H27NO/c1-4-13-21-14-12-18(17-8-6-5-7-9-17)19-15-16(2)10-11-20(19)22-3/h5-11,15,18,21H,4,12-14H2,1-3H3. The molecule has 0 saturated heterocycles. The molecule has 0 amide bonds. The average Bonchev–Trinajstić information content (AvgIpc) is 2.56. The highest BCUT2D eigenvalue weighted by atomic mass is 16.5. The number of methoxy groups -OCH3 is 1. The van der Waals surface area contributed by atoms with E-state index >= 15 is 0 Å². The van der Waals surface area contributed by atoms with Crippen LogP contribution in [0.3, 0.4) is 0 Å². The fourth-order valence-electron chi connectivity index (χ4n) is 2.86. The van der Waals surface area contributed by atoms with Crippen LogP contribution in [-0.4, -0.2) is 20.2 Å². The van der Waals surface area contributed by atoms with Crippen LogP contribution < -0.4 is 10.1 Å². The van der Waals surface area contributed by atoms with Crippen molar-refractivity contribution in [2.75, 3.05) is 20.2 Å². The minimum atomic E-state index is 0.361. The SMILES string of the molecule is CCCNCCC(c1ccccc1)c1cc(C)ccc1OC. The number of hydrogen-bond acceptors (Lipinski definition) is 2. The van der Waals surface area contributed by atoms with Crippen LogP contribution in [0.15, 0.2) is 48.5 Å². The summed E-state index contributed by atoms with van der Waals surface area (Å²) in [6.45, 7) is 6.43. The van der Waals surface area contributed by atoms with Crippen LogP contribution in [0.5, 0.6) is 5.75 Å². The molecule has 0 saturated carbocycles.